The highest BCUT2D eigenvalue weighted by Gasteiger charge is 2.44. The van der Waals surface area contributed by atoms with Crippen molar-refractivity contribution in [2.45, 2.75) is 19.1 Å². The average molecular weight is 300 g/mol. The molecule has 4 heteroatoms. The minimum atomic E-state index is -0.419. The number of hydrogen-bond donors (Lipinski definition) is 0. The molecule has 1 heterocycles. The number of hydrogen-bond acceptors (Lipinski definition) is 3. The zero-order valence-corrected chi connectivity index (χ0v) is 12.1. The lowest BCUT2D eigenvalue weighted by atomic mass is 10.0. The Hall–Kier alpha value is -0.580. The molecule has 0 N–H and O–H groups in total. The molecule has 0 unspecified atom stereocenters. The van der Waals surface area contributed by atoms with Gasteiger partial charge in [-0.05, 0) is 30.2 Å². The average Bonchev–Trinajstić information content (AvgIpc) is 2.30. The minimum absolute atomic E-state index is 0.419. The Morgan fingerprint density at radius 3 is 2.47 bits per heavy atom. The molecule has 1 saturated heterocycles. The van der Waals surface area contributed by atoms with Crippen LogP contribution in [0.5, 0.6) is 0 Å². The highest BCUT2D eigenvalue weighted by molar-refractivity contribution is 9.10. The van der Waals surface area contributed by atoms with Gasteiger partial charge in [0.05, 0.1) is 13.1 Å². The number of methoxy groups -OCH3 is 2. The Balaban J connectivity index is 2.16. The van der Waals surface area contributed by atoms with Crippen LogP contribution in [0, 0.1) is 0 Å². The standard InChI is InChI=1S/C13H18BrNO2/c1-4-10-7-11(14)5-6-12(10)15-8-13(9-15,16-2)17-3/h5-7H,4,8-9H2,1-3H3. The van der Waals surface area contributed by atoms with Crippen LogP contribution in [0.3, 0.4) is 0 Å². The molecule has 1 aliphatic heterocycles. The van der Waals surface area contributed by atoms with E-state index >= 15 is 0 Å². The first-order valence-corrected chi connectivity index (χ1v) is 6.57. The van der Waals surface area contributed by atoms with Gasteiger partial charge in [-0.2, -0.15) is 0 Å². The normalized spacial score (nSPS) is 18.0. The van der Waals surface area contributed by atoms with Gasteiger partial charge in [-0.25, -0.2) is 0 Å². The van der Waals surface area contributed by atoms with Crippen LogP contribution in [0.25, 0.3) is 0 Å². The minimum Gasteiger partial charge on any atom is -0.360 e. The van der Waals surface area contributed by atoms with Crippen LogP contribution in [-0.2, 0) is 15.9 Å². The predicted octanol–water partition coefficient (Wildman–Crippen LogP) is 2.82. The molecule has 0 spiro atoms. The molecular weight excluding hydrogens is 282 g/mol. The second-order valence-electron chi connectivity index (χ2n) is 4.30. The highest BCUT2D eigenvalue weighted by Crippen LogP contribution is 2.34. The van der Waals surface area contributed by atoms with Gasteiger partial charge in [0.1, 0.15) is 0 Å². The van der Waals surface area contributed by atoms with Gasteiger partial charge in [-0.1, -0.05) is 22.9 Å². The molecule has 1 aromatic carbocycles. The topological polar surface area (TPSA) is 21.7 Å². The van der Waals surface area contributed by atoms with Crippen LogP contribution in [0.2, 0.25) is 0 Å². The molecule has 17 heavy (non-hydrogen) atoms. The molecule has 1 aliphatic rings. The second kappa shape index (κ2) is 4.96. The summed E-state index contributed by atoms with van der Waals surface area (Å²) in [7, 11) is 3.40. The molecule has 0 aliphatic carbocycles. The Morgan fingerprint density at radius 1 is 1.29 bits per heavy atom. The van der Waals surface area contributed by atoms with Gasteiger partial charge >= 0.3 is 0 Å². The van der Waals surface area contributed by atoms with E-state index in [4.69, 9.17) is 9.47 Å². The maximum atomic E-state index is 5.40. The van der Waals surface area contributed by atoms with Crippen molar-refractivity contribution in [3.8, 4) is 0 Å². The molecule has 2 rings (SSSR count). The molecule has 1 aromatic rings. The summed E-state index contributed by atoms with van der Waals surface area (Å²) in [5, 5.41) is 0. The quantitative estimate of drug-likeness (QED) is 0.798. The van der Waals surface area contributed by atoms with Crippen LogP contribution < -0.4 is 4.90 Å². The van der Waals surface area contributed by atoms with Crippen molar-refractivity contribution in [1.29, 1.82) is 0 Å². The molecule has 0 saturated carbocycles. The summed E-state index contributed by atoms with van der Waals surface area (Å²) >= 11 is 3.51. The van der Waals surface area contributed by atoms with Crippen molar-refractivity contribution in [3.63, 3.8) is 0 Å². The molecule has 94 valence electrons. The van der Waals surface area contributed by atoms with E-state index < -0.39 is 5.79 Å². The van der Waals surface area contributed by atoms with Crippen molar-refractivity contribution >= 4 is 21.6 Å². The van der Waals surface area contributed by atoms with Crippen LogP contribution >= 0.6 is 15.9 Å². The Kier molecular flexibility index (Phi) is 3.76. The predicted molar refractivity (Wildman–Crippen MR) is 72.5 cm³/mol. The molecular formula is C13H18BrNO2. The summed E-state index contributed by atoms with van der Waals surface area (Å²) in [6, 6.07) is 6.40. The zero-order chi connectivity index (χ0) is 12.5. The summed E-state index contributed by atoms with van der Waals surface area (Å²) in [4.78, 5) is 2.29. The first-order valence-electron chi connectivity index (χ1n) is 5.78. The third-order valence-corrected chi connectivity index (χ3v) is 3.86. The number of anilines is 1. The van der Waals surface area contributed by atoms with Gasteiger partial charge in [0.25, 0.3) is 0 Å². The molecule has 0 atom stereocenters. The van der Waals surface area contributed by atoms with E-state index in [2.05, 4.69) is 46.0 Å². The van der Waals surface area contributed by atoms with Crippen molar-refractivity contribution in [2.75, 3.05) is 32.2 Å². The number of aryl methyl sites for hydroxylation is 1. The number of halogens is 1. The first-order chi connectivity index (χ1) is 8.14. The highest BCUT2D eigenvalue weighted by atomic mass is 79.9. The third-order valence-electron chi connectivity index (χ3n) is 3.37. The summed E-state index contributed by atoms with van der Waals surface area (Å²) in [5.74, 6) is -0.419. The molecule has 0 aromatic heterocycles. The smallest absolute Gasteiger partial charge is 0.203 e. The fourth-order valence-electron chi connectivity index (χ4n) is 2.19. The number of ether oxygens (including phenoxy) is 2. The fourth-order valence-corrected chi connectivity index (χ4v) is 2.60. The van der Waals surface area contributed by atoms with Gasteiger partial charge in [0.2, 0.25) is 5.79 Å². The van der Waals surface area contributed by atoms with E-state index in [1.165, 1.54) is 11.3 Å². The van der Waals surface area contributed by atoms with E-state index in [0.717, 1.165) is 24.0 Å². The molecule has 0 radical (unpaired) electrons. The molecule has 0 bridgehead atoms. The third kappa shape index (κ3) is 2.34. The van der Waals surface area contributed by atoms with E-state index in [1.54, 1.807) is 14.2 Å². The SMILES string of the molecule is CCc1cc(Br)ccc1N1CC(OC)(OC)C1. The van der Waals surface area contributed by atoms with E-state index in [-0.39, 0.29) is 0 Å². The first kappa shape index (κ1) is 12.9. The second-order valence-corrected chi connectivity index (χ2v) is 5.22. The van der Waals surface area contributed by atoms with E-state index in [9.17, 15) is 0 Å². The molecule has 1 fully saturated rings. The Bertz CT molecular complexity index is 396. The van der Waals surface area contributed by atoms with Gasteiger partial charge < -0.3 is 14.4 Å². The maximum absolute atomic E-state index is 5.40. The van der Waals surface area contributed by atoms with Gasteiger partial charge in [-0.3, -0.25) is 0 Å². The number of benzene rings is 1. The van der Waals surface area contributed by atoms with Gasteiger partial charge in [-0.15, -0.1) is 0 Å². The molecule has 3 nitrogen and oxygen atoms in total. The van der Waals surface area contributed by atoms with Crippen molar-refractivity contribution in [3.05, 3.63) is 28.2 Å². The lowest BCUT2D eigenvalue weighted by Gasteiger charge is -2.49. The zero-order valence-electron chi connectivity index (χ0n) is 10.5. The van der Waals surface area contributed by atoms with Crippen LogP contribution in [0.15, 0.2) is 22.7 Å². The Labute approximate surface area is 111 Å². The largest absolute Gasteiger partial charge is 0.360 e. The summed E-state index contributed by atoms with van der Waals surface area (Å²) in [6.45, 7) is 3.74. The fraction of sp³-hybridized carbons (Fsp3) is 0.538. The van der Waals surface area contributed by atoms with Gasteiger partial charge in [0, 0.05) is 24.4 Å². The Morgan fingerprint density at radius 2 is 1.94 bits per heavy atom. The van der Waals surface area contributed by atoms with Crippen LogP contribution in [-0.4, -0.2) is 33.1 Å². The van der Waals surface area contributed by atoms with Crippen molar-refractivity contribution in [2.24, 2.45) is 0 Å². The van der Waals surface area contributed by atoms with Crippen LogP contribution in [0.4, 0.5) is 5.69 Å². The summed E-state index contributed by atoms with van der Waals surface area (Å²) in [5.41, 5.74) is 2.63. The van der Waals surface area contributed by atoms with E-state index in [0.29, 0.717) is 0 Å². The van der Waals surface area contributed by atoms with Crippen LogP contribution in [0.1, 0.15) is 12.5 Å². The van der Waals surface area contributed by atoms with Crippen molar-refractivity contribution in [1.82, 2.24) is 0 Å². The summed E-state index contributed by atoms with van der Waals surface area (Å²) < 4.78 is 11.9. The number of nitrogens with zero attached hydrogens (tertiary/aromatic N) is 1. The maximum Gasteiger partial charge on any atom is 0.203 e. The number of rotatable bonds is 4. The lowest BCUT2D eigenvalue weighted by molar-refractivity contribution is -0.219. The van der Waals surface area contributed by atoms with Crippen molar-refractivity contribution < 1.29 is 9.47 Å². The lowest BCUT2D eigenvalue weighted by Crippen LogP contribution is -2.64. The van der Waals surface area contributed by atoms with E-state index in [1.807, 2.05) is 0 Å². The van der Waals surface area contributed by atoms with Gasteiger partial charge in [0.15, 0.2) is 0 Å². The molecule has 0 amide bonds. The monoisotopic (exact) mass is 299 g/mol. The summed E-state index contributed by atoms with van der Waals surface area (Å²) in [6.07, 6.45) is 1.03.